The van der Waals surface area contributed by atoms with Crippen molar-refractivity contribution in [2.24, 2.45) is 0 Å². The Hall–Kier alpha value is -2.98. The van der Waals surface area contributed by atoms with Crippen molar-refractivity contribution in [1.29, 1.82) is 0 Å². The summed E-state index contributed by atoms with van der Waals surface area (Å²) in [7, 11) is 1.67. The Kier molecular flexibility index (Phi) is 5.45. The highest BCUT2D eigenvalue weighted by atomic mass is 35.5. The van der Waals surface area contributed by atoms with Gasteiger partial charge in [-0.05, 0) is 61.4 Å². The second kappa shape index (κ2) is 8.18. The number of para-hydroxylation sites is 2. The number of imidazole rings is 1. The van der Waals surface area contributed by atoms with E-state index in [1.165, 1.54) is 0 Å². The predicted molar refractivity (Wildman–Crippen MR) is 118 cm³/mol. The normalized spacial score (nSPS) is 11.0. The SMILES string of the molecule is COc1cccc(-c2nc3ccccc3n2CCOc2cc(C)c(Cl)c(C)c2)c1. The number of halogens is 1. The number of aromatic nitrogens is 2. The van der Waals surface area contributed by atoms with Gasteiger partial charge < -0.3 is 14.0 Å². The predicted octanol–water partition coefficient (Wildman–Crippen LogP) is 6.06. The third-order valence-electron chi connectivity index (χ3n) is 4.98. The van der Waals surface area contributed by atoms with Crippen LogP contribution in [0.15, 0.2) is 60.7 Å². The molecule has 0 aliphatic carbocycles. The number of fused-ring (bicyclic) bond motifs is 1. The zero-order valence-electron chi connectivity index (χ0n) is 16.8. The average Bonchev–Trinajstić information content (AvgIpc) is 3.11. The Morgan fingerprint density at radius 1 is 0.931 bits per heavy atom. The van der Waals surface area contributed by atoms with Crippen LogP contribution in [0.4, 0.5) is 0 Å². The molecule has 148 valence electrons. The fraction of sp³-hybridized carbons (Fsp3) is 0.208. The van der Waals surface area contributed by atoms with Gasteiger partial charge in [0.2, 0.25) is 0 Å². The van der Waals surface area contributed by atoms with Crippen LogP contribution in [-0.4, -0.2) is 23.3 Å². The summed E-state index contributed by atoms with van der Waals surface area (Å²) in [5.41, 5.74) is 5.10. The van der Waals surface area contributed by atoms with E-state index in [0.717, 1.165) is 50.1 Å². The lowest BCUT2D eigenvalue weighted by Crippen LogP contribution is -2.10. The molecule has 0 N–H and O–H groups in total. The van der Waals surface area contributed by atoms with Crippen LogP contribution in [0.3, 0.4) is 0 Å². The summed E-state index contributed by atoms with van der Waals surface area (Å²) in [5.74, 6) is 2.54. The highest BCUT2D eigenvalue weighted by Gasteiger charge is 2.13. The van der Waals surface area contributed by atoms with E-state index in [2.05, 4.69) is 10.6 Å². The maximum Gasteiger partial charge on any atom is 0.141 e. The van der Waals surface area contributed by atoms with Crippen LogP contribution in [0.5, 0.6) is 11.5 Å². The smallest absolute Gasteiger partial charge is 0.141 e. The van der Waals surface area contributed by atoms with Crippen molar-refractivity contribution in [3.8, 4) is 22.9 Å². The van der Waals surface area contributed by atoms with Crippen LogP contribution < -0.4 is 9.47 Å². The average molecular weight is 407 g/mol. The highest BCUT2D eigenvalue weighted by Crippen LogP contribution is 2.28. The molecule has 4 nitrogen and oxygen atoms in total. The van der Waals surface area contributed by atoms with E-state index in [1.54, 1.807) is 7.11 Å². The number of hydrogen-bond acceptors (Lipinski definition) is 3. The molecule has 0 spiro atoms. The molecule has 0 aliphatic heterocycles. The topological polar surface area (TPSA) is 36.3 Å². The Balaban J connectivity index is 1.64. The van der Waals surface area contributed by atoms with E-state index in [4.69, 9.17) is 26.1 Å². The maximum atomic E-state index is 6.27. The lowest BCUT2D eigenvalue weighted by atomic mass is 10.1. The lowest BCUT2D eigenvalue weighted by molar-refractivity contribution is 0.300. The molecule has 0 saturated carbocycles. The number of ether oxygens (including phenoxy) is 2. The molecule has 1 aromatic heterocycles. The standard InChI is InChI=1S/C24H23ClN2O2/c1-16-13-20(14-17(2)23(16)25)29-12-11-27-22-10-5-4-9-21(22)26-24(27)18-7-6-8-19(15-18)28-3/h4-10,13-15H,11-12H2,1-3H3. The summed E-state index contributed by atoms with van der Waals surface area (Å²) in [5, 5.41) is 0.790. The molecule has 0 amide bonds. The van der Waals surface area contributed by atoms with E-state index in [1.807, 2.05) is 68.4 Å². The van der Waals surface area contributed by atoms with Crippen LogP contribution in [-0.2, 0) is 6.54 Å². The summed E-state index contributed by atoms with van der Waals surface area (Å²) in [6.45, 7) is 5.19. The summed E-state index contributed by atoms with van der Waals surface area (Å²) in [6, 6.07) is 20.1. The number of methoxy groups -OCH3 is 1. The van der Waals surface area contributed by atoms with Crippen molar-refractivity contribution >= 4 is 22.6 Å². The van der Waals surface area contributed by atoms with Crippen LogP contribution >= 0.6 is 11.6 Å². The fourth-order valence-corrected chi connectivity index (χ4v) is 3.64. The van der Waals surface area contributed by atoms with E-state index in [-0.39, 0.29) is 0 Å². The van der Waals surface area contributed by atoms with E-state index in [0.29, 0.717) is 13.2 Å². The van der Waals surface area contributed by atoms with Crippen molar-refractivity contribution in [3.63, 3.8) is 0 Å². The van der Waals surface area contributed by atoms with Gasteiger partial charge in [-0.25, -0.2) is 4.98 Å². The van der Waals surface area contributed by atoms with Gasteiger partial charge >= 0.3 is 0 Å². The van der Waals surface area contributed by atoms with Crippen molar-refractivity contribution in [2.45, 2.75) is 20.4 Å². The second-order valence-corrected chi connectivity index (χ2v) is 7.41. The molecule has 0 saturated heterocycles. The number of benzene rings is 3. The van der Waals surface area contributed by atoms with Gasteiger partial charge in [-0.1, -0.05) is 35.9 Å². The van der Waals surface area contributed by atoms with E-state index in [9.17, 15) is 0 Å². The largest absolute Gasteiger partial charge is 0.497 e. The van der Waals surface area contributed by atoms with Gasteiger partial charge in [-0.15, -0.1) is 0 Å². The Morgan fingerprint density at radius 2 is 1.69 bits per heavy atom. The second-order valence-electron chi connectivity index (χ2n) is 7.03. The van der Waals surface area contributed by atoms with Crippen molar-refractivity contribution in [1.82, 2.24) is 9.55 Å². The first-order valence-corrected chi connectivity index (χ1v) is 9.94. The molecule has 29 heavy (non-hydrogen) atoms. The number of rotatable bonds is 6. The van der Waals surface area contributed by atoms with Crippen LogP contribution in [0.1, 0.15) is 11.1 Å². The summed E-state index contributed by atoms with van der Waals surface area (Å²) < 4.78 is 13.6. The molecule has 0 bridgehead atoms. The minimum atomic E-state index is 0.526. The third kappa shape index (κ3) is 3.94. The summed E-state index contributed by atoms with van der Waals surface area (Å²) in [4.78, 5) is 4.86. The Labute approximate surface area is 175 Å². The first kappa shape index (κ1) is 19.3. The van der Waals surface area contributed by atoms with Gasteiger partial charge in [-0.3, -0.25) is 0 Å². The molecular formula is C24H23ClN2O2. The number of aryl methyl sites for hydroxylation is 2. The fourth-order valence-electron chi connectivity index (χ4n) is 3.53. The summed E-state index contributed by atoms with van der Waals surface area (Å²) in [6.07, 6.45) is 0. The van der Waals surface area contributed by atoms with Crippen LogP contribution in [0, 0.1) is 13.8 Å². The molecule has 4 aromatic rings. The molecule has 4 rings (SSSR count). The van der Waals surface area contributed by atoms with Gasteiger partial charge in [0.25, 0.3) is 0 Å². The molecule has 0 unspecified atom stereocenters. The van der Waals surface area contributed by atoms with Crippen LogP contribution in [0.2, 0.25) is 5.02 Å². The minimum Gasteiger partial charge on any atom is -0.497 e. The van der Waals surface area contributed by atoms with Gasteiger partial charge in [0.05, 0.1) is 24.7 Å². The van der Waals surface area contributed by atoms with E-state index >= 15 is 0 Å². The monoisotopic (exact) mass is 406 g/mol. The molecule has 0 atom stereocenters. The van der Waals surface area contributed by atoms with Crippen LogP contribution in [0.25, 0.3) is 22.4 Å². The van der Waals surface area contributed by atoms with E-state index < -0.39 is 0 Å². The highest BCUT2D eigenvalue weighted by molar-refractivity contribution is 6.32. The van der Waals surface area contributed by atoms with Gasteiger partial charge in [0.1, 0.15) is 23.9 Å². The molecule has 0 fully saturated rings. The molecule has 0 radical (unpaired) electrons. The lowest BCUT2D eigenvalue weighted by Gasteiger charge is -2.13. The molecule has 0 aliphatic rings. The Bertz CT molecular complexity index is 1140. The van der Waals surface area contributed by atoms with Crippen molar-refractivity contribution in [3.05, 3.63) is 76.8 Å². The zero-order valence-corrected chi connectivity index (χ0v) is 17.5. The van der Waals surface area contributed by atoms with Gasteiger partial charge in [0.15, 0.2) is 0 Å². The van der Waals surface area contributed by atoms with Crippen molar-refractivity contribution < 1.29 is 9.47 Å². The first-order valence-electron chi connectivity index (χ1n) is 9.56. The first-order chi connectivity index (χ1) is 14.1. The number of nitrogens with zero attached hydrogens (tertiary/aromatic N) is 2. The zero-order chi connectivity index (χ0) is 20.4. The quantitative estimate of drug-likeness (QED) is 0.390. The third-order valence-corrected chi connectivity index (χ3v) is 5.57. The number of hydrogen-bond donors (Lipinski definition) is 0. The van der Waals surface area contributed by atoms with Gasteiger partial charge in [0, 0.05) is 10.6 Å². The molecule has 1 heterocycles. The molecular weight excluding hydrogens is 384 g/mol. The summed E-state index contributed by atoms with van der Waals surface area (Å²) >= 11 is 6.27. The molecule has 5 heteroatoms. The van der Waals surface area contributed by atoms with Crippen molar-refractivity contribution in [2.75, 3.05) is 13.7 Å². The Morgan fingerprint density at radius 3 is 2.45 bits per heavy atom. The maximum absolute atomic E-state index is 6.27. The van der Waals surface area contributed by atoms with Gasteiger partial charge in [-0.2, -0.15) is 0 Å². The minimum absolute atomic E-state index is 0.526. The molecule has 3 aromatic carbocycles.